The lowest BCUT2D eigenvalue weighted by atomic mass is 10.1. The van der Waals surface area contributed by atoms with Gasteiger partial charge in [-0.15, -0.1) is 0 Å². The van der Waals surface area contributed by atoms with Gasteiger partial charge in [-0.05, 0) is 18.2 Å². The second-order valence-corrected chi connectivity index (χ2v) is 2.95. The Bertz CT molecular complexity index is 459. The Hall–Kier alpha value is -1.90. The number of Topliss-reactive ketones (excluding diaryl/α,β-unsaturated/α-hetero) is 1. The molecule has 84 valence electrons. The normalized spacial score (nSPS) is 10.9. The van der Waals surface area contributed by atoms with E-state index in [1.165, 1.54) is 6.07 Å². The van der Waals surface area contributed by atoms with E-state index in [-0.39, 0.29) is 6.07 Å². The van der Waals surface area contributed by atoms with Gasteiger partial charge in [-0.25, -0.2) is 4.39 Å². The molecule has 0 N–H and O–H groups in total. The number of carbonyl (C=O) groups excluding carboxylic acids is 1. The molecule has 0 radical (unpaired) electrons. The summed E-state index contributed by atoms with van der Waals surface area (Å²) in [5.74, 6) is -2.11. The first kappa shape index (κ1) is 12.2. The maximum Gasteiger partial charge on any atom is 0.416 e. The maximum atomic E-state index is 13.1. The van der Waals surface area contributed by atoms with E-state index in [0.717, 1.165) is 6.07 Å². The number of benzene rings is 1. The van der Waals surface area contributed by atoms with Crippen LogP contribution in [0.5, 0.6) is 0 Å². The van der Waals surface area contributed by atoms with E-state index in [2.05, 4.69) is 0 Å². The van der Waals surface area contributed by atoms with Crippen LogP contribution in [-0.4, -0.2) is 5.78 Å². The fourth-order valence-electron chi connectivity index (χ4n) is 1.08. The molecule has 0 saturated heterocycles. The van der Waals surface area contributed by atoms with Crippen LogP contribution in [0.4, 0.5) is 17.6 Å². The second-order valence-electron chi connectivity index (χ2n) is 2.95. The summed E-state index contributed by atoms with van der Waals surface area (Å²) in [6.45, 7) is 0. The van der Waals surface area contributed by atoms with E-state index in [9.17, 15) is 22.4 Å². The topological polar surface area (TPSA) is 40.9 Å². The van der Waals surface area contributed by atoms with Gasteiger partial charge < -0.3 is 0 Å². The van der Waals surface area contributed by atoms with Crippen molar-refractivity contribution in [3.63, 3.8) is 0 Å². The second kappa shape index (κ2) is 4.31. The molecule has 2 nitrogen and oxygen atoms in total. The monoisotopic (exact) mass is 231 g/mol. The van der Waals surface area contributed by atoms with E-state index >= 15 is 0 Å². The number of nitrogens with zero attached hydrogens (tertiary/aromatic N) is 1. The third kappa shape index (κ3) is 2.57. The van der Waals surface area contributed by atoms with Crippen LogP contribution in [0.1, 0.15) is 22.3 Å². The summed E-state index contributed by atoms with van der Waals surface area (Å²) in [4.78, 5) is 11.1. The van der Waals surface area contributed by atoms with Gasteiger partial charge >= 0.3 is 6.18 Å². The SMILES string of the molecule is N#CCC(=O)c1ccc(C(F)(F)F)cc1F. The van der Waals surface area contributed by atoms with Gasteiger partial charge in [-0.2, -0.15) is 18.4 Å². The molecule has 0 aliphatic heterocycles. The van der Waals surface area contributed by atoms with E-state index in [4.69, 9.17) is 5.26 Å². The van der Waals surface area contributed by atoms with E-state index in [0.29, 0.717) is 6.07 Å². The smallest absolute Gasteiger partial charge is 0.293 e. The predicted molar refractivity (Wildman–Crippen MR) is 46.0 cm³/mol. The van der Waals surface area contributed by atoms with Crippen molar-refractivity contribution in [2.24, 2.45) is 0 Å². The number of alkyl halides is 3. The van der Waals surface area contributed by atoms with Gasteiger partial charge in [-0.3, -0.25) is 4.79 Å². The first-order chi connectivity index (χ1) is 7.36. The highest BCUT2D eigenvalue weighted by atomic mass is 19.4. The van der Waals surface area contributed by atoms with Crippen molar-refractivity contribution < 1.29 is 22.4 Å². The number of halogens is 4. The Balaban J connectivity index is 3.11. The van der Waals surface area contributed by atoms with Crippen LogP contribution < -0.4 is 0 Å². The Kier molecular flexibility index (Phi) is 3.28. The maximum absolute atomic E-state index is 13.1. The number of hydrogen-bond acceptors (Lipinski definition) is 2. The highest BCUT2D eigenvalue weighted by Crippen LogP contribution is 2.30. The molecule has 6 heteroatoms. The van der Waals surface area contributed by atoms with Gasteiger partial charge in [0.25, 0.3) is 0 Å². The largest absolute Gasteiger partial charge is 0.416 e. The van der Waals surface area contributed by atoms with Crippen LogP contribution in [0.15, 0.2) is 18.2 Å². The lowest BCUT2D eigenvalue weighted by molar-refractivity contribution is -0.137. The van der Waals surface area contributed by atoms with Crippen molar-refractivity contribution in [3.8, 4) is 6.07 Å². The number of carbonyl (C=O) groups is 1. The van der Waals surface area contributed by atoms with Crippen molar-refractivity contribution in [3.05, 3.63) is 35.1 Å². The molecule has 0 fully saturated rings. The summed E-state index contributed by atoms with van der Waals surface area (Å²) in [7, 11) is 0. The first-order valence-corrected chi connectivity index (χ1v) is 4.13. The molecule has 0 aliphatic rings. The Morgan fingerprint density at radius 1 is 1.38 bits per heavy atom. The molecular formula is C10H5F4NO. The average molecular weight is 231 g/mol. The fourth-order valence-corrected chi connectivity index (χ4v) is 1.08. The molecule has 0 unspecified atom stereocenters. The number of hydrogen-bond donors (Lipinski definition) is 0. The summed E-state index contributed by atoms with van der Waals surface area (Å²) in [6.07, 6.45) is -5.22. The standard InChI is InChI=1S/C10H5F4NO/c11-8-5-6(10(12,13)14)1-2-7(8)9(16)3-4-15/h1-2,5H,3H2. The van der Waals surface area contributed by atoms with Crippen LogP contribution in [-0.2, 0) is 6.18 Å². The molecule has 0 spiro atoms. The van der Waals surface area contributed by atoms with Crippen molar-refractivity contribution in [1.82, 2.24) is 0 Å². The summed E-state index contributed by atoms with van der Waals surface area (Å²) in [5.41, 5.74) is -1.67. The number of ketones is 1. The van der Waals surface area contributed by atoms with Gasteiger partial charge in [0.15, 0.2) is 5.78 Å². The van der Waals surface area contributed by atoms with Crippen LogP contribution in [0.2, 0.25) is 0 Å². The summed E-state index contributed by atoms with van der Waals surface area (Å²) < 4.78 is 49.6. The lowest BCUT2D eigenvalue weighted by Gasteiger charge is -2.07. The average Bonchev–Trinajstić information content (AvgIpc) is 2.16. The van der Waals surface area contributed by atoms with Crippen LogP contribution >= 0.6 is 0 Å². The predicted octanol–water partition coefficient (Wildman–Crippen LogP) is 2.94. The third-order valence-electron chi connectivity index (χ3n) is 1.84. The molecule has 0 aliphatic carbocycles. The van der Waals surface area contributed by atoms with E-state index in [1.807, 2.05) is 0 Å². The number of rotatable bonds is 2. The fraction of sp³-hybridized carbons (Fsp3) is 0.200. The van der Waals surface area contributed by atoms with Gasteiger partial charge in [0.05, 0.1) is 23.6 Å². The van der Waals surface area contributed by atoms with Crippen LogP contribution in [0, 0.1) is 17.1 Å². The molecule has 0 heterocycles. The molecule has 16 heavy (non-hydrogen) atoms. The van der Waals surface area contributed by atoms with Crippen molar-refractivity contribution in [2.75, 3.05) is 0 Å². The molecule has 1 aromatic carbocycles. The molecule has 0 bridgehead atoms. The van der Waals surface area contributed by atoms with Gasteiger partial charge in [0.1, 0.15) is 5.82 Å². The van der Waals surface area contributed by atoms with Gasteiger partial charge in [-0.1, -0.05) is 0 Å². The summed E-state index contributed by atoms with van der Waals surface area (Å²) in [6, 6.07) is 3.08. The highest BCUT2D eigenvalue weighted by molar-refractivity contribution is 5.97. The number of nitriles is 1. The first-order valence-electron chi connectivity index (χ1n) is 4.13. The Morgan fingerprint density at radius 2 is 2.00 bits per heavy atom. The minimum atomic E-state index is -4.66. The van der Waals surface area contributed by atoms with Gasteiger partial charge in [0, 0.05) is 0 Å². The van der Waals surface area contributed by atoms with Crippen LogP contribution in [0.3, 0.4) is 0 Å². The van der Waals surface area contributed by atoms with Gasteiger partial charge in [0.2, 0.25) is 0 Å². The van der Waals surface area contributed by atoms with Crippen molar-refractivity contribution in [2.45, 2.75) is 12.6 Å². The van der Waals surface area contributed by atoms with Crippen LogP contribution in [0.25, 0.3) is 0 Å². The highest BCUT2D eigenvalue weighted by Gasteiger charge is 2.31. The molecule has 1 rings (SSSR count). The zero-order chi connectivity index (χ0) is 12.3. The molecule has 0 aromatic heterocycles. The molecule has 0 amide bonds. The van der Waals surface area contributed by atoms with Crippen molar-refractivity contribution >= 4 is 5.78 Å². The summed E-state index contributed by atoms with van der Waals surface area (Å²) in [5, 5.41) is 8.20. The molecular weight excluding hydrogens is 226 g/mol. The van der Waals surface area contributed by atoms with Crippen molar-refractivity contribution in [1.29, 1.82) is 5.26 Å². The zero-order valence-corrected chi connectivity index (χ0v) is 7.81. The summed E-state index contributed by atoms with van der Waals surface area (Å²) >= 11 is 0. The molecule has 0 atom stereocenters. The van der Waals surface area contributed by atoms with E-state index in [1.54, 1.807) is 0 Å². The Morgan fingerprint density at radius 3 is 2.44 bits per heavy atom. The zero-order valence-electron chi connectivity index (χ0n) is 7.81. The third-order valence-corrected chi connectivity index (χ3v) is 1.84. The minimum Gasteiger partial charge on any atom is -0.293 e. The molecule has 1 aromatic rings. The quantitative estimate of drug-likeness (QED) is 0.580. The minimum absolute atomic E-state index is 0.241. The van der Waals surface area contributed by atoms with E-state index < -0.39 is 35.3 Å². The molecule has 0 saturated carbocycles. The Labute approximate surface area is 88.1 Å². The lowest BCUT2D eigenvalue weighted by Crippen LogP contribution is -2.08.